The summed E-state index contributed by atoms with van der Waals surface area (Å²) in [6.07, 6.45) is 0. The molecule has 136 valence electrons. The maximum atomic E-state index is 13.8. The molecule has 1 aromatic rings. The first kappa shape index (κ1) is 20.5. The molecule has 3 N–H and O–H groups in total. The van der Waals surface area contributed by atoms with Crippen molar-refractivity contribution in [2.45, 2.75) is 18.7 Å². The summed E-state index contributed by atoms with van der Waals surface area (Å²) in [6, 6.07) is 2.55. The van der Waals surface area contributed by atoms with Gasteiger partial charge in [-0.05, 0) is 39.1 Å². The molecule has 10 heteroatoms. The number of halogens is 1. The van der Waals surface area contributed by atoms with Crippen LogP contribution in [0.25, 0.3) is 0 Å². The third-order valence-corrected chi connectivity index (χ3v) is 4.50. The molecule has 0 heterocycles. The Hall–Kier alpha value is -2.59. The first-order valence-corrected chi connectivity index (χ1v) is 8.38. The minimum atomic E-state index is -3.89. The Balaban J connectivity index is 3.10. The number of sulfonamides is 1. The van der Waals surface area contributed by atoms with Gasteiger partial charge in [-0.15, -0.1) is 0 Å². The lowest BCUT2D eigenvalue weighted by atomic mass is 10.1. The molecule has 1 aromatic carbocycles. The molecule has 0 bridgehead atoms. The van der Waals surface area contributed by atoms with Gasteiger partial charge in [0.2, 0.25) is 10.0 Å². The number of aliphatic hydroxyl groups is 1. The fraction of sp³-hybridized carbons (Fsp3) is 0.267. The molecule has 0 saturated heterocycles. The topological polar surface area (TPSA) is 134 Å². The lowest BCUT2D eigenvalue weighted by Crippen LogP contribution is -2.20. The summed E-state index contributed by atoms with van der Waals surface area (Å²) in [7, 11) is -2.74. The molecule has 0 radical (unpaired) electrons. The van der Waals surface area contributed by atoms with E-state index in [0.29, 0.717) is 0 Å². The standard InChI is InChI=1S/C15H17FN2O6S/c1-8(17)14(9(2)19)13(20)7-24-15(21)11-6-10(4-5-12(11)16)25(22,23)18-3/h4-6,17-18,20H,7H2,1-3H3/b14-13-,17-8?. The van der Waals surface area contributed by atoms with Crippen LogP contribution >= 0.6 is 0 Å². The summed E-state index contributed by atoms with van der Waals surface area (Å²) < 4.78 is 43.9. The SMILES string of the molecule is CNS(=O)(=O)c1ccc(F)c(C(=O)OC/C(O)=C(\C(C)=N)C(C)=O)c1. The van der Waals surface area contributed by atoms with Crippen LogP contribution in [0.2, 0.25) is 0 Å². The number of hydrogen-bond acceptors (Lipinski definition) is 7. The van der Waals surface area contributed by atoms with Gasteiger partial charge in [0.25, 0.3) is 0 Å². The molecule has 0 aromatic heterocycles. The zero-order chi connectivity index (χ0) is 19.4. The summed E-state index contributed by atoms with van der Waals surface area (Å²) in [5.74, 6) is -3.51. The number of esters is 1. The van der Waals surface area contributed by atoms with Gasteiger partial charge in [0, 0.05) is 5.71 Å². The van der Waals surface area contributed by atoms with Gasteiger partial charge in [-0.1, -0.05) is 0 Å². The largest absolute Gasteiger partial charge is 0.508 e. The van der Waals surface area contributed by atoms with Crippen molar-refractivity contribution in [2.24, 2.45) is 0 Å². The molecule has 25 heavy (non-hydrogen) atoms. The Morgan fingerprint density at radius 3 is 2.40 bits per heavy atom. The van der Waals surface area contributed by atoms with E-state index in [2.05, 4.69) is 0 Å². The highest BCUT2D eigenvalue weighted by Crippen LogP contribution is 2.16. The van der Waals surface area contributed by atoms with Crippen molar-refractivity contribution >= 4 is 27.5 Å². The Kier molecular flexibility index (Phi) is 6.54. The Labute approximate surface area is 143 Å². The van der Waals surface area contributed by atoms with E-state index >= 15 is 0 Å². The Morgan fingerprint density at radius 2 is 1.92 bits per heavy atom. The molecule has 1 rings (SSSR count). The van der Waals surface area contributed by atoms with Crippen molar-refractivity contribution in [1.82, 2.24) is 4.72 Å². The summed E-state index contributed by atoms with van der Waals surface area (Å²) in [5.41, 5.74) is -1.20. The number of Topliss-reactive ketones (excluding diaryl/α,β-unsaturated/α-hetero) is 1. The number of ether oxygens (including phenoxy) is 1. The van der Waals surface area contributed by atoms with Crippen LogP contribution in [-0.2, 0) is 19.6 Å². The molecule has 0 spiro atoms. The van der Waals surface area contributed by atoms with Crippen molar-refractivity contribution < 1.29 is 32.2 Å². The first-order chi connectivity index (χ1) is 11.5. The monoisotopic (exact) mass is 372 g/mol. The second-order valence-corrected chi connectivity index (χ2v) is 6.81. The quantitative estimate of drug-likeness (QED) is 0.286. The number of aliphatic hydroxyl groups excluding tert-OH is 1. The van der Waals surface area contributed by atoms with E-state index in [-0.39, 0.29) is 16.2 Å². The van der Waals surface area contributed by atoms with Gasteiger partial charge in [-0.3, -0.25) is 4.79 Å². The van der Waals surface area contributed by atoms with Gasteiger partial charge < -0.3 is 15.3 Å². The smallest absolute Gasteiger partial charge is 0.341 e. The number of benzene rings is 1. The van der Waals surface area contributed by atoms with Crippen LogP contribution in [0.1, 0.15) is 24.2 Å². The fourth-order valence-electron chi connectivity index (χ4n) is 1.91. The van der Waals surface area contributed by atoms with Gasteiger partial charge in [-0.2, -0.15) is 0 Å². The number of hydrogen-bond donors (Lipinski definition) is 3. The highest BCUT2D eigenvalue weighted by atomic mass is 32.2. The van der Waals surface area contributed by atoms with E-state index in [1.165, 1.54) is 6.92 Å². The molecule has 0 saturated carbocycles. The van der Waals surface area contributed by atoms with Crippen LogP contribution in [0.4, 0.5) is 4.39 Å². The number of rotatable bonds is 7. The van der Waals surface area contributed by atoms with Crippen LogP contribution in [0, 0.1) is 11.2 Å². The van der Waals surface area contributed by atoms with Crippen molar-refractivity contribution in [3.63, 3.8) is 0 Å². The number of nitrogens with one attached hydrogen (secondary N) is 2. The van der Waals surface area contributed by atoms with E-state index in [0.717, 1.165) is 32.2 Å². The average molecular weight is 372 g/mol. The Morgan fingerprint density at radius 1 is 1.32 bits per heavy atom. The van der Waals surface area contributed by atoms with Gasteiger partial charge in [-0.25, -0.2) is 22.3 Å². The minimum Gasteiger partial charge on any atom is -0.508 e. The van der Waals surface area contributed by atoms with Crippen molar-refractivity contribution in [2.75, 3.05) is 13.7 Å². The third-order valence-electron chi connectivity index (χ3n) is 3.09. The first-order valence-electron chi connectivity index (χ1n) is 6.90. The molecule has 0 fully saturated rings. The molecule has 0 aliphatic heterocycles. The van der Waals surface area contributed by atoms with Crippen LogP contribution in [0.15, 0.2) is 34.4 Å². The molecule has 0 aliphatic rings. The van der Waals surface area contributed by atoms with Gasteiger partial charge in [0.05, 0.1) is 16.0 Å². The maximum Gasteiger partial charge on any atom is 0.341 e. The number of carbonyl (C=O) groups is 2. The van der Waals surface area contributed by atoms with E-state index in [1.54, 1.807) is 0 Å². The highest BCUT2D eigenvalue weighted by Gasteiger charge is 2.21. The van der Waals surface area contributed by atoms with Crippen LogP contribution in [0.3, 0.4) is 0 Å². The highest BCUT2D eigenvalue weighted by molar-refractivity contribution is 7.89. The van der Waals surface area contributed by atoms with E-state index in [1.807, 2.05) is 4.72 Å². The molecule has 0 amide bonds. The zero-order valence-corrected chi connectivity index (χ0v) is 14.5. The zero-order valence-electron chi connectivity index (χ0n) is 13.7. The van der Waals surface area contributed by atoms with Crippen molar-refractivity contribution in [3.8, 4) is 0 Å². The number of ketones is 1. The van der Waals surface area contributed by atoms with Gasteiger partial charge >= 0.3 is 5.97 Å². The van der Waals surface area contributed by atoms with Crippen LogP contribution in [-0.4, -0.2) is 44.6 Å². The molecule has 0 atom stereocenters. The summed E-state index contributed by atoms with van der Waals surface area (Å²) >= 11 is 0. The van der Waals surface area contributed by atoms with E-state index in [4.69, 9.17) is 10.1 Å². The lowest BCUT2D eigenvalue weighted by molar-refractivity contribution is -0.113. The predicted molar refractivity (Wildman–Crippen MR) is 86.7 cm³/mol. The number of carbonyl (C=O) groups excluding carboxylic acids is 2. The molecule has 8 nitrogen and oxygen atoms in total. The van der Waals surface area contributed by atoms with Gasteiger partial charge in [0.1, 0.15) is 18.2 Å². The van der Waals surface area contributed by atoms with E-state index < -0.39 is 45.5 Å². The summed E-state index contributed by atoms with van der Waals surface area (Å²) in [6.45, 7) is 1.62. The molecular formula is C15H17FN2O6S. The Bertz CT molecular complexity index is 845. The van der Waals surface area contributed by atoms with Crippen molar-refractivity contribution in [1.29, 1.82) is 5.41 Å². The summed E-state index contributed by atoms with van der Waals surface area (Å²) in [4.78, 5) is 23.0. The number of allylic oxidation sites excluding steroid dienone is 1. The molecule has 0 aliphatic carbocycles. The predicted octanol–water partition coefficient (Wildman–Crippen LogP) is 1.33. The maximum absolute atomic E-state index is 13.8. The molecule has 0 unspecified atom stereocenters. The normalized spacial score (nSPS) is 12.3. The van der Waals surface area contributed by atoms with Crippen LogP contribution < -0.4 is 4.72 Å². The fourth-order valence-corrected chi connectivity index (χ4v) is 2.67. The van der Waals surface area contributed by atoms with Crippen molar-refractivity contribution in [3.05, 3.63) is 40.9 Å². The second-order valence-electron chi connectivity index (χ2n) is 4.93. The summed E-state index contributed by atoms with van der Waals surface area (Å²) in [5, 5.41) is 17.2. The van der Waals surface area contributed by atoms with E-state index in [9.17, 15) is 27.5 Å². The average Bonchev–Trinajstić information content (AvgIpc) is 2.52. The molecular weight excluding hydrogens is 355 g/mol. The lowest BCUT2D eigenvalue weighted by Gasteiger charge is -2.10. The van der Waals surface area contributed by atoms with Crippen LogP contribution in [0.5, 0.6) is 0 Å². The third kappa shape index (κ3) is 4.94. The minimum absolute atomic E-state index is 0.227. The second kappa shape index (κ2) is 7.99. The van der Waals surface area contributed by atoms with Gasteiger partial charge in [0.15, 0.2) is 5.78 Å².